The standard InChI is InChI=1S/C13H19N3O/c1-9-7-12(5-6-15-9)16-13(17)10-3-2-4-11(14)8-10/h5-7,10-11H,2-4,8,14H2,1H3,(H,15,16,17). The molecule has 1 aromatic rings. The van der Waals surface area contributed by atoms with Crippen molar-refractivity contribution in [2.45, 2.75) is 38.6 Å². The third-order valence-electron chi connectivity index (χ3n) is 3.25. The summed E-state index contributed by atoms with van der Waals surface area (Å²) in [6.07, 6.45) is 5.55. The van der Waals surface area contributed by atoms with Gasteiger partial charge in [-0.3, -0.25) is 9.78 Å². The predicted molar refractivity (Wildman–Crippen MR) is 67.5 cm³/mol. The van der Waals surface area contributed by atoms with Crippen LogP contribution in [0.2, 0.25) is 0 Å². The average Bonchev–Trinajstić information content (AvgIpc) is 2.29. The van der Waals surface area contributed by atoms with Crippen LogP contribution in [0.5, 0.6) is 0 Å². The van der Waals surface area contributed by atoms with Crippen LogP contribution in [0.15, 0.2) is 18.3 Å². The molecular weight excluding hydrogens is 214 g/mol. The number of hydrogen-bond donors (Lipinski definition) is 2. The Morgan fingerprint density at radius 3 is 3.06 bits per heavy atom. The van der Waals surface area contributed by atoms with E-state index in [4.69, 9.17) is 5.73 Å². The molecule has 1 aromatic heterocycles. The second-order valence-electron chi connectivity index (χ2n) is 4.80. The first-order valence-electron chi connectivity index (χ1n) is 6.14. The van der Waals surface area contributed by atoms with Gasteiger partial charge in [0.05, 0.1) is 0 Å². The summed E-state index contributed by atoms with van der Waals surface area (Å²) < 4.78 is 0. The zero-order valence-electron chi connectivity index (χ0n) is 10.1. The molecule has 0 spiro atoms. The van der Waals surface area contributed by atoms with E-state index in [9.17, 15) is 4.79 Å². The number of nitrogens with zero attached hydrogens (tertiary/aromatic N) is 1. The summed E-state index contributed by atoms with van der Waals surface area (Å²) in [5.74, 6) is 0.151. The predicted octanol–water partition coefficient (Wildman–Crippen LogP) is 1.85. The first-order valence-corrected chi connectivity index (χ1v) is 6.14. The van der Waals surface area contributed by atoms with Gasteiger partial charge in [0.25, 0.3) is 0 Å². The molecule has 1 fully saturated rings. The number of anilines is 1. The van der Waals surface area contributed by atoms with Gasteiger partial charge in [-0.15, -0.1) is 0 Å². The maximum Gasteiger partial charge on any atom is 0.227 e. The summed E-state index contributed by atoms with van der Waals surface area (Å²) in [6, 6.07) is 3.87. The van der Waals surface area contributed by atoms with E-state index < -0.39 is 0 Å². The Kier molecular flexibility index (Phi) is 3.74. The summed E-state index contributed by atoms with van der Waals surface area (Å²) in [7, 11) is 0. The van der Waals surface area contributed by atoms with Gasteiger partial charge >= 0.3 is 0 Å². The van der Waals surface area contributed by atoms with Crippen molar-refractivity contribution in [3.05, 3.63) is 24.0 Å². The largest absolute Gasteiger partial charge is 0.328 e. The second kappa shape index (κ2) is 5.27. The lowest BCUT2D eigenvalue weighted by Gasteiger charge is -2.25. The molecule has 1 saturated carbocycles. The van der Waals surface area contributed by atoms with E-state index in [-0.39, 0.29) is 17.9 Å². The molecule has 1 heterocycles. The van der Waals surface area contributed by atoms with E-state index >= 15 is 0 Å². The third-order valence-corrected chi connectivity index (χ3v) is 3.25. The minimum Gasteiger partial charge on any atom is -0.328 e. The summed E-state index contributed by atoms with van der Waals surface area (Å²) in [6.45, 7) is 1.91. The zero-order chi connectivity index (χ0) is 12.3. The van der Waals surface area contributed by atoms with Crippen molar-refractivity contribution < 1.29 is 4.79 Å². The van der Waals surface area contributed by atoms with Crippen LogP contribution in [-0.2, 0) is 4.79 Å². The van der Waals surface area contributed by atoms with Gasteiger partial charge in [-0.1, -0.05) is 6.42 Å². The molecule has 4 nitrogen and oxygen atoms in total. The fraction of sp³-hybridized carbons (Fsp3) is 0.538. The van der Waals surface area contributed by atoms with Gasteiger partial charge in [-0.25, -0.2) is 0 Å². The number of aromatic nitrogens is 1. The molecule has 2 atom stereocenters. The highest BCUT2D eigenvalue weighted by Gasteiger charge is 2.25. The summed E-state index contributed by atoms with van der Waals surface area (Å²) in [5.41, 5.74) is 7.62. The number of aryl methyl sites for hydroxylation is 1. The van der Waals surface area contributed by atoms with E-state index in [2.05, 4.69) is 10.3 Å². The van der Waals surface area contributed by atoms with Crippen LogP contribution in [0.1, 0.15) is 31.4 Å². The Balaban J connectivity index is 1.96. The highest BCUT2D eigenvalue weighted by Crippen LogP contribution is 2.24. The molecule has 1 amide bonds. The number of pyridine rings is 1. The van der Waals surface area contributed by atoms with Crippen molar-refractivity contribution in [1.29, 1.82) is 0 Å². The number of carbonyl (C=O) groups excluding carboxylic acids is 1. The number of nitrogens with one attached hydrogen (secondary N) is 1. The van der Waals surface area contributed by atoms with Gasteiger partial charge in [0.1, 0.15) is 0 Å². The quantitative estimate of drug-likeness (QED) is 0.819. The van der Waals surface area contributed by atoms with E-state index in [0.717, 1.165) is 37.1 Å². The van der Waals surface area contributed by atoms with Crippen molar-refractivity contribution in [2.24, 2.45) is 11.7 Å². The number of carbonyl (C=O) groups is 1. The molecule has 0 bridgehead atoms. The topological polar surface area (TPSA) is 68.0 Å². The Morgan fingerprint density at radius 1 is 1.53 bits per heavy atom. The van der Waals surface area contributed by atoms with Crippen LogP contribution in [0.3, 0.4) is 0 Å². The lowest BCUT2D eigenvalue weighted by atomic mass is 9.85. The highest BCUT2D eigenvalue weighted by molar-refractivity contribution is 5.92. The molecule has 17 heavy (non-hydrogen) atoms. The average molecular weight is 233 g/mol. The fourth-order valence-electron chi connectivity index (χ4n) is 2.33. The highest BCUT2D eigenvalue weighted by atomic mass is 16.1. The van der Waals surface area contributed by atoms with Gasteiger partial charge in [-0.2, -0.15) is 0 Å². The number of rotatable bonds is 2. The Hall–Kier alpha value is -1.42. The van der Waals surface area contributed by atoms with Crippen LogP contribution < -0.4 is 11.1 Å². The number of amides is 1. The van der Waals surface area contributed by atoms with E-state index in [1.54, 1.807) is 6.20 Å². The molecule has 92 valence electrons. The van der Waals surface area contributed by atoms with Crippen molar-refractivity contribution in [1.82, 2.24) is 4.98 Å². The molecule has 0 radical (unpaired) electrons. The monoisotopic (exact) mass is 233 g/mol. The third kappa shape index (κ3) is 3.27. The molecule has 4 heteroatoms. The number of hydrogen-bond acceptors (Lipinski definition) is 3. The molecule has 1 aliphatic carbocycles. The lowest BCUT2D eigenvalue weighted by molar-refractivity contribution is -0.120. The van der Waals surface area contributed by atoms with E-state index in [1.165, 1.54) is 0 Å². The molecule has 0 aliphatic heterocycles. The van der Waals surface area contributed by atoms with Gasteiger partial charge < -0.3 is 11.1 Å². The smallest absolute Gasteiger partial charge is 0.227 e. The zero-order valence-corrected chi connectivity index (χ0v) is 10.1. The second-order valence-corrected chi connectivity index (χ2v) is 4.80. The van der Waals surface area contributed by atoms with Crippen LogP contribution in [0.25, 0.3) is 0 Å². The molecule has 0 aromatic carbocycles. The molecule has 1 aliphatic rings. The van der Waals surface area contributed by atoms with Crippen molar-refractivity contribution in [3.63, 3.8) is 0 Å². The van der Waals surface area contributed by atoms with Gasteiger partial charge in [0, 0.05) is 29.5 Å². The minimum atomic E-state index is 0.0622. The first-order chi connectivity index (χ1) is 8.15. The van der Waals surface area contributed by atoms with Gasteiger partial charge in [0.2, 0.25) is 5.91 Å². The Labute approximate surface area is 102 Å². The normalized spacial score (nSPS) is 24.4. The molecule has 2 unspecified atom stereocenters. The molecule has 0 saturated heterocycles. The van der Waals surface area contributed by atoms with E-state index in [1.807, 2.05) is 19.1 Å². The fourth-order valence-corrected chi connectivity index (χ4v) is 2.33. The van der Waals surface area contributed by atoms with E-state index in [0.29, 0.717) is 0 Å². The van der Waals surface area contributed by atoms with Crippen LogP contribution in [0, 0.1) is 12.8 Å². The maximum atomic E-state index is 12.0. The van der Waals surface area contributed by atoms with Crippen molar-refractivity contribution in [2.75, 3.05) is 5.32 Å². The molecule has 3 N–H and O–H groups in total. The van der Waals surface area contributed by atoms with Gasteiger partial charge in [0.15, 0.2) is 0 Å². The summed E-state index contributed by atoms with van der Waals surface area (Å²) in [5, 5.41) is 2.94. The number of nitrogens with two attached hydrogens (primary N) is 1. The van der Waals surface area contributed by atoms with Gasteiger partial charge in [-0.05, 0) is 38.3 Å². The van der Waals surface area contributed by atoms with Crippen LogP contribution in [-0.4, -0.2) is 16.9 Å². The lowest BCUT2D eigenvalue weighted by Crippen LogP contribution is -2.34. The molecular formula is C13H19N3O. The SMILES string of the molecule is Cc1cc(NC(=O)C2CCCC(N)C2)ccn1. The molecule has 2 rings (SSSR count). The summed E-state index contributed by atoms with van der Waals surface area (Å²) >= 11 is 0. The van der Waals surface area contributed by atoms with Crippen LogP contribution in [0.4, 0.5) is 5.69 Å². The minimum absolute atomic E-state index is 0.0622. The summed E-state index contributed by atoms with van der Waals surface area (Å²) in [4.78, 5) is 16.1. The van der Waals surface area contributed by atoms with Crippen molar-refractivity contribution in [3.8, 4) is 0 Å². The first kappa shape index (κ1) is 12.0. The van der Waals surface area contributed by atoms with Crippen molar-refractivity contribution >= 4 is 11.6 Å². The Morgan fingerprint density at radius 2 is 2.35 bits per heavy atom. The Bertz CT molecular complexity index is 405. The van der Waals surface area contributed by atoms with Crippen LogP contribution >= 0.6 is 0 Å². The maximum absolute atomic E-state index is 12.0.